The van der Waals surface area contributed by atoms with Crippen molar-refractivity contribution in [1.29, 1.82) is 0 Å². The summed E-state index contributed by atoms with van der Waals surface area (Å²) in [5, 5.41) is 0. The van der Waals surface area contributed by atoms with Crippen LogP contribution < -0.4 is 11.2 Å². The molecule has 0 saturated carbocycles. The van der Waals surface area contributed by atoms with Crippen LogP contribution in [0.15, 0.2) is 28.3 Å². The van der Waals surface area contributed by atoms with Gasteiger partial charge in [-0.1, -0.05) is 0 Å². The van der Waals surface area contributed by atoms with Crippen LogP contribution in [0.2, 0.25) is 0 Å². The van der Waals surface area contributed by atoms with Crippen molar-refractivity contribution in [3.63, 3.8) is 0 Å². The monoisotopic (exact) mass is 220 g/mol. The fraction of sp³-hybridized carbons (Fsp3) is 0.300. The van der Waals surface area contributed by atoms with E-state index in [1.807, 2.05) is 6.92 Å². The van der Waals surface area contributed by atoms with E-state index in [9.17, 15) is 9.59 Å². The number of nitrogens with zero attached hydrogens (tertiary/aromatic N) is 2. The maximum Gasteiger partial charge on any atom is 0.328 e. The Morgan fingerprint density at radius 1 is 1.44 bits per heavy atom. The van der Waals surface area contributed by atoms with Gasteiger partial charge < -0.3 is 4.98 Å². The number of aromatic amines is 2. The average molecular weight is 220 g/mol. The van der Waals surface area contributed by atoms with Crippen molar-refractivity contribution in [2.45, 2.75) is 19.9 Å². The van der Waals surface area contributed by atoms with Crippen molar-refractivity contribution in [3.05, 3.63) is 50.8 Å². The number of hydrogen-bond acceptors (Lipinski definition) is 3. The van der Waals surface area contributed by atoms with Crippen LogP contribution in [0.5, 0.6) is 0 Å². The Bertz CT molecular complexity index is 594. The minimum absolute atomic E-state index is 0.189. The SMILES string of the molecule is Cc1cn(C(C)c2cnc[nH]2)c(=O)[nH]c1=O. The summed E-state index contributed by atoms with van der Waals surface area (Å²) in [7, 11) is 0. The summed E-state index contributed by atoms with van der Waals surface area (Å²) in [5.41, 5.74) is 0.551. The van der Waals surface area contributed by atoms with E-state index >= 15 is 0 Å². The first-order valence-corrected chi connectivity index (χ1v) is 4.90. The summed E-state index contributed by atoms with van der Waals surface area (Å²) in [5.74, 6) is 0. The number of aromatic nitrogens is 4. The molecule has 1 unspecified atom stereocenters. The van der Waals surface area contributed by atoms with Crippen LogP contribution in [-0.2, 0) is 0 Å². The molecule has 0 saturated heterocycles. The zero-order valence-electron chi connectivity index (χ0n) is 9.02. The quantitative estimate of drug-likeness (QED) is 0.757. The summed E-state index contributed by atoms with van der Waals surface area (Å²) in [6.07, 6.45) is 4.75. The molecule has 2 aromatic rings. The van der Waals surface area contributed by atoms with Gasteiger partial charge in [-0.25, -0.2) is 9.78 Å². The Balaban J connectivity index is 2.53. The van der Waals surface area contributed by atoms with Gasteiger partial charge in [-0.2, -0.15) is 0 Å². The molecule has 0 radical (unpaired) electrons. The first-order valence-electron chi connectivity index (χ1n) is 4.90. The van der Waals surface area contributed by atoms with Gasteiger partial charge in [-0.05, 0) is 13.8 Å². The highest BCUT2D eigenvalue weighted by Gasteiger charge is 2.11. The molecule has 16 heavy (non-hydrogen) atoms. The summed E-state index contributed by atoms with van der Waals surface area (Å²) < 4.78 is 1.46. The van der Waals surface area contributed by atoms with Gasteiger partial charge in [-0.15, -0.1) is 0 Å². The molecule has 2 N–H and O–H groups in total. The molecular formula is C10H12N4O2. The highest BCUT2D eigenvalue weighted by atomic mass is 16.2. The van der Waals surface area contributed by atoms with Crippen molar-refractivity contribution < 1.29 is 0 Å². The molecule has 6 heteroatoms. The standard InChI is InChI=1S/C10H12N4O2/c1-6-4-14(10(16)13-9(6)15)7(2)8-3-11-5-12-8/h3-5,7H,1-2H3,(H,11,12)(H,13,15,16). The molecule has 2 heterocycles. The number of H-pyrrole nitrogens is 2. The second-order valence-electron chi connectivity index (χ2n) is 3.66. The van der Waals surface area contributed by atoms with Crippen molar-refractivity contribution in [1.82, 2.24) is 19.5 Å². The number of hydrogen-bond donors (Lipinski definition) is 2. The fourth-order valence-corrected chi connectivity index (χ4v) is 1.52. The number of rotatable bonds is 2. The topological polar surface area (TPSA) is 83.5 Å². The first-order chi connectivity index (χ1) is 7.59. The minimum atomic E-state index is -0.419. The molecule has 0 aliphatic heterocycles. The molecule has 0 bridgehead atoms. The molecule has 0 aliphatic rings. The number of aryl methyl sites for hydroxylation is 1. The molecule has 84 valence electrons. The molecule has 2 aromatic heterocycles. The van der Waals surface area contributed by atoms with Crippen molar-refractivity contribution >= 4 is 0 Å². The van der Waals surface area contributed by atoms with Gasteiger partial charge in [-0.3, -0.25) is 14.3 Å². The van der Waals surface area contributed by atoms with Gasteiger partial charge >= 0.3 is 5.69 Å². The van der Waals surface area contributed by atoms with E-state index in [0.29, 0.717) is 5.56 Å². The lowest BCUT2D eigenvalue weighted by Crippen LogP contribution is -2.32. The van der Waals surface area contributed by atoms with E-state index in [1.165, 1.54) is 4.57 Å². The smallest absolute Gasteiger partial charge is 0.328 e. The molecule has 2 rings (SSSR count). The second kappa shape index (κ2) is 3.80. The van der Waals surface area contributed by atoms with E-state index in [0.717, 1.165) is 5.69 Å². The highest BCUT2D eigenvalue weighted by Crippen LogP contribution is 2.11. The van der Waals surface area contributed by atoms with Crippen LogP contribution >= 0.6 is 0 Å². The fourth-order valence-electron chi connectivity index (χ4n) is 1.52. The van der Waals surface area contributed by atoms with Gasteiger partial charge in [0.05, 0.1) is 24.3 Å². The Hall–Kier alpha value is -2.11. The van der Waals surface area contributed by atoms with Crippen LogP contribution in [0.4, 0.5) is 0 Å². The summed E-state index contributed by atoms with van der Waals surface area (Å²) >= 11 is 0. The van der Waals surface area contributed by atoms with Crippen molar-refractivity contribution in [2.24, 2.45) is 0 Å². The molecule has 0 fully saturated rings. The van der Waals surface area contributed by atoms with Gasteiger partial charge in [0.15, 0.2) is 0 Å². The maximum atomic E-state index is 11.6. The zero-order chi connectivity index (χ0) is 11.7. The normalized spacial score (nSPS) is 12.6. The summed E-state index contributed by atoms with van der Waals surface area (Å²) in [6.45, 7) is 3.52. The second-order valence-corrected chi connectivity index (χ2v) is 3.66. The average Bonchev–Trinajstić information content (AvgIpc) is 2.75. The third-order valence-corrected chi connectivity index (χ3v) is 2.53. The maximum absolute atomic E-state index is 11.6. The number of nitrogens with one attached hydrogen (secondary N) is 2. The van der Waals surface area contributed by atoms with Gasteiger partial charge in [0.25, 0.3) is 5.56 Å². The molecule has 0 spiro atoms. The summed E-state index contributed by atoms with van der Waals surface area (Å²) in [6, 6.07) is -0.189. The Kier molecular flexibility index (Phi) is 2.47. The third-order valence-electron chi connectivity index (χ3n) is 2.53. The molecule has 0 aromatic carbocycles. The lowest BCUT2D eigenvalue weighted by Gasteiger charge is -2.12. The minimum Gasteiger partial charge on any atom is -0.347 e. The van der Waals surface area contributed by atoms with Gasteiger partial charge in [0.2, 0.25) is 0 Å². The third kappa shape index (κ3) is 1.69. The van der Waals surface area contributed by atoms with Crippen LogP contribution in [-0.4, -0.2) is 19.5 Å². The van der Waals surface area contributed by atoms with E-state index in [1.54, 1.807) is 25.6 Å². The highest BCUT2D eigenvalue weighted by molar-refractivity contribution is 5.07. The van der Waals surface area contributed by atoms with Crippen LogP contribution in [0.3, 0.4) is 0 Å². The largest absolute Gasteiger partial charge is 0.347 e. The first kappa shape index (κ1) is 10.4. The Morgan fingerprint density at radius 3 is 2.81 bits per heavy atom. The van der Waals surface area contributed by atoms with Gasteiger partial charge in [0.1, 0.15) is 0 Å². The van der Waals surface area contributed by atoms with E-state index in [2.05, 4.69) is 15.0 Å². The predicted octanol–water partition coefficient (Wildman–Crippen LogP) is 0.177. The lowest BCUT2D eigenvalue weighted by atomic mass is 10.2. The molecule has 0 aliphatic carbocycles. The molecule has 1 atom stereocenters. The Morgan fingerprint density at radius 2 is 2.19 bits per heavy atom. The van der Waals surface area contributed by atoms with E-state index in [4.69, 9.17) is 0 Å². The van der Waals surface area contributed by atoms with Crippen LogP contribution in [0, 0.1) is 6.92 Å². The Labute approximate surface area is 91.0 Å². The van der Waals surface area contributed by atoms with Crippen LogP contribution in [0.1, 0.15) is 24.2 Å². The van der Waals surface area contributed by atoms with Crippen molar-refractivity contribution in [2.75, 3.05) is 0 Å². The molecular weight excluding hydrogens is 208 g/mol. The number of imidazole rings is 1. The molecule has 0 amide bonds. The van der Waals surface area contributed by atoms with Crippen LogP contribution in [0.25, 0.3) is 0 Å². The predicted molar refractivity (Wildman–Crippen MR) is 58.5 cm³/mol. The van der Waals surface area contributed by atoms with E-state index < -0.39 is 5.69 Å². The summed E-state index contributed by atoms with van der Waals surface area (Å²) in [4.78, 5) is 31.9. The lowest BCUT2D eigenvalue weighted by molar-refractivity contribution is 0.579. The van der Waals surface area contributed by atoms with E-state index in [-0.39, 0.29) is 11.6 Å². The van der Waals surface area contributed by atoms with Gasteiger partial charge in [0, 0.05) is 11.8 Å². The zero-order valence-corrected chi connectivity index (χ0v) is 9.02. The molecule has 6 nitrogen and oxygen atoms in total. The van der Waals surface area contributed by atoms with Crippen molar-refractivity contribution in [3.8, 4) is 0 Å².